The lowest BCUT2D eigenvalue weighted by Crippen LogP contribution is -1.93. The lowest BCUT2D eigenvalue weighted by Gasteiger charge is -2.07. The summed E-state index contributed by atoms with van der Waals surface area (Å²) in [5.41, 5.74) is 7.50. The first-order valence-corrected chi connectivity index (χ1v) is 13.1. The van der Waals surface area contributed by atoms with Crippen LogP contribution in [0.2, 0.25) is 0 Å². The molecule has 0 fully saturated rings. The highest BCUT2D eigenvalue weighted by atomic mass is 16.4. The van der Waals surface area contributed by atoms with E-state index in [9.17, 15) is 0 Å². The monoisotopic (exact) mass is 500 g/mol. The fourth-order valence-corrected chi connectivity index (χ4v) is 6.09. The molecular weight excluding hydrogens is 480 g/mol. The molecule has 0 aliphatic heterocycles. The summed E-state index contributed by atoms with van der Waals surface area (Å²) in [6.45, 7) is 0. The second-order valence-electron chi connectivity index (χ2n) is 9.99. The van der Waals surface area contributed by atoms with Crippen molar-refractivity contribution in [1.82, 2.24) is 9.55 Å². The zero-order valence-corrected chi connectivity index (χ0v) is 20.8. The van der Waals surface area contributed by atoms with Crippen molar-refractivity contribution in [1.29, 1.82) is 0 Å². The molecule has 0 N–H and O–H groups in total. The van der Waals surface area contributed by atoms with E-state index in [0.717, 1.165) is 55.1 Å². The van der Waals surface area contributed by atoms with Gasteiger partial charge in [0.05, 0.1) is 16.6 Å². The Kier molecular flexibility index (Phi) is 4.02. The third kappa shape index (κ3) is 2.85. The Morgan fingerprint density at radius 3 is 2.00 bits per heavy atom. The fourth-order valence-electron chi connectivity index (χ4n) is 6.09. The van der Waals surface area contributed by atoms with Crippen molar-refractivity contribution < 1.29 is 8.83 Å². The maximum Gasteiger partial charge on any atom is 0.231 e. The zero-order chi connectivity index (χ0) is 25.5. The molecule has 9 aromatic rings. The number of fused-ring (bicyclic) bond motifs is 8. The normalized spacial score (nSPS) is 12.1. The summed E-state index contributed by atoms with van der Waals surface area (Å²) in [6.07, 6.45) is 0. The average molecular weight is 501 g/mol. The molecule has 0 amide bonds. The summed E-state index contributed by atoms with van der Waals surface area (Å²) in [7, 11) is 0. The number of hydrogen-bond donors (Lipinski definition) is 0. The molecule has 4 heteroatoms. The van der Waals surface area contributed by atoms with Crippen molar-refractivity contribution in [3.63, 3.8) is 0 Å². The molecule has 39 heavy (non-hydrogen) atoms. The molecular formula is C35H20N2O2. The van der Waals surface area contributed by atoms with Crippen molar-refractivity contribution in [2.45, 2.75) is 0 Å². The Morgan fingerprint density at radius 2 is 1.21 bits per heavy atom. The molecule has 3 aromatic heterocycles. The van der Waals surface area contributed by atoms with Gasteiger partial charge < -0.3 is 13.4 Å². The standard InChI is InChI=1S/C35H20N2O2/c1-2-10-23-21(9-1)19-27-26-18-17-22(37-29-14-6-3-11-24(29)25-12-4-7-15-30(25)37)20-32(26)38-34(27)33(23)35-36-28-13-5-8-16-31(28)39-35/h1-20H. The quantitative estimate of drug-likeness (QED) is 0.237. The SMILES string of the molecule is c1ccc2c(-c3nc4ccccc4o3)c3oc4cc(-n5c6ccccc6c6ccccc65)ccc4c3cc2c1. The van der Waals surface area contributed by atoms with Crippen LogP contribution in [-0.2, 0) is 0 Å². The van der Waals surface area contributed by atoms with Crippen molar-refractivity contribution in [3.8, 4) is 17.1 Å². The smallest absolute Gasteiger partial charge is 0.231 e. The number of benzene rings is 6. The minimum absolute atomic E-state index is 0.569. The first kappa shape index (κ1) is 20.7. The zero-order valence-electron chi connectivity index (χ0n) is 20.8. The van der Waals surface area contributed by atoms with E-state index in [2.05, 4.69) is 95.6 Å². The van der Waals surface area contributed by atoms with Gasteiger partial charge in [0, 0.05) is 33.3 Å². The van der Waals surface area contributed by atoms with Crippen LogP contribution in [0.3, 0.4) is 0 Å². The number of furan rings is 1. The summed E-state index contributed by atoms with van der Waals surface area (Å²) < 4.78 is 15.3. The van der Waals surface area contributed by atoms with Crippen molar-refractivity contribution in [3.05, 3.63) is 121 Å². The van der Waals surface area contributed by atoms with E-state index in [0.29, 0.717) is 5.89 Å². The topological polar surface area (TPSA) is 44.1 Å². The van der Waals surface area contributed by atoms with Crippen LogP contribution in [0, 0.1) is 0 Å². The Balaban J connectivity index is 1.36. The van der Waals surface area contributed by atoms with Gasteiger partial charge in [-0.2, -0.15) is 0 Å². The molecule has 182 valence electrons. The third-order valence-corrected chi connectivity index (χ3v) is 7.82. The molecule has 0 saturated carbocycles. The minimum Gasteiger partial charge on any atom is -0.455 e. The summed E-state index contributed by atoms with van der Waals surface area (Å²) in [5, 5.41) is 6.77. The number of para-hydroxylation sites is 4. The lowest BCUT2D eigenvalue weighted by atomic mass is 10.00. The Morgan fingerprint density at radius 1 is 0.513 bits per heavy atom. The van der Waals surface area contributed by atoms with Gasteiger partial charge in [-0.1, -0.05) is 72.8 Å². The Labute approximate surface area is 222 Å². The van der Waals surface area contributed by atoms with Crippen LogP contribution in [0.5, 0.6) is 0 Å². The first-order chi connectivity index (χ1) is 19.3. The van der Waals surface area contributed by atoms with Gasteiger partial charge in [0.25, 0.3) is 0 Å². The van der Waals surface area contributed by atoms with Crippen molar-refractivity contribution >= 4 is 65.6 Å². The highest BCUT2D eigenvalue weighted by Gasteiger charge is 2.21. The van der Waals surface area contributed by atoms with E-state index in [-0.39, 0.29) is 0 Å². The maximum absolute atomic E-state index is 6.69. The lowest BCUT2D eigenvalue weighted by molar-refractivity contribution is 0.616. The predicted octanol–water partition coefficient (Wildman–Crippen LogP) is 9.64. The van der Waals surface area contributed by atoms with Crippen LogP contribution in [0.25, 0.3) is 82.8 Å². The van der Waals surface area contributed by atoms with Gasteiger partial charge in [0.2, 0.25) is 5.89 Å². The number of oxazole rings is 1. The van der Waals surface area contributed by atoms with E-state index in [1.807, 2.05) is 30.3 Å². The first-order valence-electron chi connectivity index (χ1n) is 13.1. The van der Waals surface area contributed by atoms with Crippen molar-refractivity contribution in [2.75, 3.05) is 0 Å². The highest BCUT2D eigenvalue weighted by Crippen LogP contribution is 2.42. The molecule has 4 nitrogen and oxygen atoms in total. The minimum atomic E-state index is 0.569. The molecule has 3 heterocycles. The van der Waals surface area contributed by atoms with Crippen molar-refractivity contribution in [2.24, 2.45) is 0 Å². The molecule has 0 spiro atoms. The molecule has 0 bridgehead atoms. The van der Waals surface area contributed by atoms with Gasteiger partial charge in [0.1, 0.15) is 16.7 Å². The molecule has 0 saturated heterocycles. The highest BCUT2D eigenvalue weighted by molar-refractivity contribution is 6.18. The molecule has 0 unspecified atom stereocenters. The van der Waals surface area contributed by atoms with Crippen LogP contribution >= 0.6 is 0 Å². The van der Waals surface area contributed by atoms with E-state index in [4.69, 9.17) is 13.8 Å². The van der Waals surface area contributed by atoms with Gasteiger partial charge in [-0.3, -0.25) is 0 Å². The summed E-state index contributed by atoms with van der Waals surface area (Å²) in [4.78, 5) is 4.85. The molecule has 9 rings (SSSR count). The molecule has 0 radical (unpaired) electrons. The number of rotatable bonds is 2. The van der Waals surface area contributed by atoms with E-state index >= 15 is 0 Å². The van der Waals surface area contributed by atoms with Crippen LogP contribution in [0.1, 0.15) is 0 Å². The van der Waals surface area contributed by atoms with E-state index in [1.54, 1.807) is 0 Å². The molecule has 0 aliphatic carbocycles. The van der Waals surface area contributed by atoms with Gasteiger partial charge in [-0.15, -0.1) is 0 Å². The summed E-state index contributed by atoms with van der Waals surface area (Å²) >= 11 is 0. The van der Waals surface area contributed by atoms with Crippen LogP contribution in [0.4, 0.5) is 0 Å². The van der Waals surface area contributed by atoms with Gasteiger partial charge in [0.15, 0.2) is 5.58 Å². The summed E-state index contributed by atoms with van der Waals surface area (Å²) in [6, 6.07) is 42.0. The van der Waals surface area contributed by atoms with Crippen LogP contribution in [-0.4, -0.2) is 9.55 Å². The van der Waals surface area contributed by atoms with Gasteiger partial charge in [-0.25, -0.2) is 4.98 Å². The fraction of sp³-hybridized carbons (Fsp3) is 0. The van der Waals surface area contributed by atoms with Gasteiger partial charge >= 0.3 is 0 Å². The van der Waals surface area contributed by atoms with Crippen LogP contribution in [0.15, 0.2) is 130 Å². The predicted molar refractivity (Wildman–Crippen MR) is 159 cm³/mol. The molecule has 0 aliphatic rings. The maximum atomic E-state index is 6.69. The second-order valence-corrected chi connectivity index (χ2v) is 9.99. The average Bonchev–Trinajstić information content (AvgIpc) is 3.67. The number of hydrogen-bond acceptors (Lipinski definition) is 3. The summed E-state index contributed by atoms with van der Waals surface area (Å²) in [5.74, 6) is 0.569. The Bertz CT molecular complexity index is 2320. The Hall–Kier alpha value is -5.35. The van der Waals surface area contributed by atoms with Gasteiger partial charge in [-0.05, 0) is 53.2 Å². The number of nitrogens with zero attached hydrogens (tertiary/aromatic N) is 2. The van der Waals surface area contributed by atoms with E-state index < -0.39 is 0 Å². The van der Waals surface area contributed by atoms with E-state index in [1.165, 1.54) is 21.8 Å². The molecule has 6 aromatic carbocycles. The molecule has 0 atom stereocenters. The number of aromatic nitrogens is 2. The largest absolute Gasteiger partial charge is 0.455 e. The van der Waals surface area contributed by atoms with Crippen LogP contribution < -0.4 is 0 Å². The second kappa shape index (κ2) is 7.59. The third-order valence-electron chi connectivity index (χ3n) is 7.82.